The molecule has 6 atom stereocenters. The van der Waals surface area contributed by atoms with Crippen LogP contribution in [0.3, 0.4) is 0 Å². The van der Waals surface area contributed by atoms with Crippen LogP contribution in [0.5, 0.6) is 5.75 Å². The van der Waals surface area contributed by atoms with Crippen LogP contribution >= 0.6 is 0 Å². The van der Waals surface area contributed by atoms with Crippen LogP contribution in [0.25, 0.3) is 0 Å². The number of non-ortho nitro benzene ring substituents is 1. The van der Waals surface area contributed by atoms with E-state index in [-0.39, 0.29) is 17.5 Å². The summed E-state index contributed by atoms with van der Waals surface area (Å²) in [6.07, 6.45) is -0.669. The molecule has 1 fully saturated rings. The number of methoxy groups -OCH3 is 1. The Morgan fingerprint density at radius 1 is 1.00 bits per heavy atom. The fraction of sp³-hybridized carbons (Fsp3) is 0.206. The molecule has 1 amide bonds. The molecule has 4 heterocycles. The van der Waals surface area contributed by atoms with E-state index in [0.717, 1.165) is 33.7 Å². The number of para-hydroxylation sites is 1. The molecule has 1 saturated heterocycles. The maximum atomic E-state index is 14.5. The number of hydrogen-bond acceptors (Lipinski definition) is 8. The fourth-order valence-electron chi connectivity index (χ4n) is 7.90. The molecule has 4 aromatic carbocycles. The summed E-state index contributed by atoms with van der Waals surface area (Å²) in [5, 5.41) is 30.1. The van der Waals surface area contributed by atoms with Crippen LogP contribution in [-0.2, 0) is 15.0 Å². The van der Waals surface area contributed by atoms with Crippen LogP contribution in [0.15, 0.2) is 102 Å². The number of rotatable bonds is 4. The van der Waals surface area contributed by atoms with Crippen LogP contribution in [0.1, 0.15) is 45.7 Å². The first-order valence-corrected chi connectivity index (χ1v) is 14.3. The van der Waals surface area contributed by atoms with Crippen molar-refractivity contribution < 1.29 is 19.3 Å². The van der Waals surface area contributed by atoms with Crippen molar-refractivity contribution in [2.45, 2.75) is 35.6 Å². The zero-order valence-corrected chi connectivity index (χ0v) is 23.5. The van der Waals surface area contributed by atoms with E-state index in [1.807, 2.05) is 77.7 Å². The molecule has 4 aromatic rings. The number of ether oxygens (including phenoxy) is 1. The van der Waals surface area contributed by atoms with Gasteiger partial charge in [-0.05, 0) is 52.6 Å². The monoisotopic (exact) mass is 583 g/mol. The molecule has 44 heavy (non-hydrogen) atoms. The average Bonchev–Trinajstić information content (AvgIpc) is 3.72. The minimum Gasteiger partial charge on any atom is -0.497 e. The van der Waals surface area contributed by atoms with Gasteiger partial charge in [-0.15, -0.1) is 0 Å². The standard InChI is InChI=1S/C34H25N5O5/c1-43-22-16-12-20(13-17-22)30-28-23-6-2-3-7-24(23)31-34(25-8-4-5-9-26(25)36-33(34)40)29(19-10-14-21(15-11-19)39(41)42)27(18-35)38(31)32(28)44-37-30/h2-17,27-29,31-32H,1H3,(H,36,40)/t27-,28+,29+,31+,32-,34-/m1/s1. The minimum atomic E-state index is -1.24. The normalized spacial score (nSPS) is 27.7. The molecule has 0 aliphatic carbocycles. The van der Waals surface area contributed by atoms with Gasteiger partial charge in [0.15, 0.2) is 6.23 Å². The van der Waals surface area contributed by atoms with Gasteiger partial charge < -0.3 is 14.9 Å². The molecule has 10 nitrogen and oxygen atoms in total. The van der Waals surface area contributed by atoms with Crippen molar-refractivity contribution in [2.24, 2.45) is 5.16 Å². The summed E-state index contributed by atoms with van der Waals surface area (Å²) in [6.45, 7) is 0. The van der Waals surface area contributed by atoms with Crippen molar-refractivity contribution in [3.8, 4) is 11.8 Å². The predicted octanol–water partition coefficient (Wildman–Crippen LogP) is 5.38. The zero-order valence-electron chi connectivity index (χ0n) is 23.5. The van der Waals surface area contributed by atoms with Gasteiger partial charge in [0.25, 0.3) is 5.69 Å². The lowest BCUT2D eigenvalue weighted by molar-refractivity contribution is -0.384. The van der Waals surface area contributed by atoms with E-state index in [1.165, 1.54) is 12.1 Å². The Kier molecular flexibility index (Phi) is 5.63. The van der Waals surface area contributed by atoms with Gasteiger partial charge >= 0.3 is 0 Å². The lowest BCUT2D eigenvalue weighted by Crippen LogP contribution is -2.51. The molecule has 8 rings (SSSR count). The predicted molar refractivity (Wildman–Crippen MR) is 160 cm³/mol. The van der Waals surface area contributed by atoms with Gasteiger partial charge in [0, 0.05) is 29.3 Å². The largest absolute Gasteiger partial charge is 0.497 e. The van der Waals surface area contributed by atoms with Gasteiger partial charge in [-0.2, -0.15) is 5.26 Å². The highest BCUT2D eigenvalue weighted by molar-refractivity contribution is 6.09. The van der Waals surface area contributed by atoms with Crippen LogP contribution < -0.4 is 10.1 Å². The van der Waals surface area contributed by atoms with E-state index in [9.17, 15) is 20.2 Å². The third kappa shape index (κ3) is 3.33. The van der Waals surface area contributed by atoms with Gasteiger partial charge in [0.2, 0.25) is 5.91 Å². The number of fused-ring (bicyclic) bond motifs is 9. The van der Waals surface area contributed by atoms with Gasteiger partial charge in [-0.25, -0.2) is 4.90 Å². The molecule has 4 aliphatic heterocycles. The van der Waals surface area contributed by atoms with Crippen LogP contribution in [0.2, 0.25) is 0 Å². The summed E-state index contributed by atoms with van der Waals surface area (Å²) >= 11 is 0. The van der Waals surface area contributed by atoms with Crippen molar-refractivity contribution in [2.75, 3.05) is 12.4 Å². The topological polar surface area (TPSA) is 130 Å². The first kappa shape index (κ1) is 26.1. The Hall–Kier alpha value is -5.53. The number of nitriles is 1. The Balaban J connectivity index is 1.37. The Morgan fingerprint density at radius 3 is 2.41 bits per heavy atom. The van der Waals surface area contributed by atoms with Gasteiger partial charge in [0.1, 0.15) is 17.2 Å². The molecule has 10 heteroatoms. The molecule has 0 radical (unpaired) electrons. The quantitative estimate of drug-likeness (QED) is 0.252. The van der Waals surface area contributed by atoms with E-state index in [1.54, 1.807) is 19.2 Å². The van der Waals surface area contributed by atoms with Gasteiger partial charge in [0.05, 0.1) is 35.8 Å². The fourth-order valence-corrected chi connectivity index (χ4v) is 7.90. The number of benzene rings is 4. The van der Waals surface area contributed by atoms with E-state index < -0.39 is 34.6 Å². The summed E-state index contributed by atoms with van der Waals surface area (Å²) in [5.74, 6) is -0.518. The van der Waals surface area contributed by atoms with E-state index in [0.29, 0.717) is 11.3 Å². The van der Waals surface area contributed by atoms with Crippen molar-refractivity contribution in [1.82, 2.24) is 4.90 Å². The molecule has 4 aliphatic rings. The molecule has 1 N–H and O–H groups in total. The number of nitrogens with one attached hydrogen (secondary N) is 1. The SMILES string of the molecule is COc1ccc(C2=NO[C@@H]3[C@H]2c2ccccc2[C@@H]2N3[C@H](C#N)[C@H](c3ccc([N+](=O)[O-])cc3)[C@@]23C(=O)Nc2ccccc23)cc1. The Labute approximate surface area is 252 Å². The zero-order chi connectivity index (χ0) is 30.2. The molecule has 0 bridgehead atoms. The second kappa shape index (κ2) is 9.49. The summed E-state index contributed by atoms with van der Waals surface area (Å²) in [4.78, 5) is 33.9. The third-order valence-electron chi connectivity index (χ3n) is 9.59. The maximum absolute atomic E-state index is 14.5. The number of hydrogen-bond donors (Lipinski definition) is 1. The minimum absolute atomic E-state index is 0.0645. The number of oxime groups is 1. The molecule has 1 spiro atoms. The van der Waals surface area contributed by atoms with Crippen LogP contribution in [-0.4, -0.2) is 40.8 Å². The van der Waals surface area contributed by atoms with Crippen molar-refractivity contribution in [1.29, 1.82) is 5.26 Å². The first-order valence-electron chi connectivity index (χ1n) is 14.3. The van der Waals surface area contributed by atoms with E-state index in [2.05, 4.69) is 16.5 Å². The second-order valence-electron chi connectivity index (χ2n) is 11.4. The molecule has 0 unspecified atom stereocenters. The highest BCUT2D eigenvalue weighted by atomic mass is 16.7. The lowest BCUT2D eigenvalue weighted by atomic mass is 9.62. The number of nitro benzene ring substituents is 1. The van der Waals surface area contributed by atoms with Crippen molar-refractivity contribution in [3.05, 3.63) is 135 Å². The van der Waals surface area contributed by atoms with Crippen molar-refractivity contribution in [3.63, 3.8) is 0 Å². The third-order valence-corrected chi connectivity index (χ3v) is 9.59. The lowest BCUT2D eigenvalue weighted by Gasteiger charge is -2.44. The molecular weight excluding hydrogens is 558 g/mol. The number of nitrogens with zero attached hydrogens (tertiary/aromatic N) is 4. The number of amides is 1. The Bertz CT molecular complexity index is 1920. The number of anilines is 1. The smallest absolute Gasteiger partial charge is 0.269 e. The summed E-state index contributed by atoms with van der Waals surface area (Å²) in [5.41, 5.74) is 4.31. The molecule has 0 saturated carbocycles. The van der Waals surface area contributed by atoms with E-state index in [4.69, 9.17) is 9.57 Å². The maximum Gasteiger partial charge on any atom is 0.269 e. The second-order valence-corrected chi connectivity index (χ2v) is 11.4. The average molecular weight is 584 g/mol. The number of nitro groups is 1. The first-order chi connectivity index (χ1) is 21.5. The summed E-state index contributed by atoms with van der Waals surface area (Å²) < 4.78 is 5.36. The van der Waals surface area contributed by atoms with Gasteiger partial charge in [-0.1, -0.05) is 59.8 Å². The summed E-state index contributed by atoms with van der Waals surface area (Å²) in [6, 6.07) is 30.5. The molecule has 0 aromatic heterocycles. The highest BCUT2D eigenvalue weighted by Crippen LogP contribution is 2.66. The number of carbonyl (C=O) groups is 1. The van der Waals surface area contributed by atoms with Crippen LogP contribution in [0, 0.1) is 21.4 Å². The van der Waals surface area contributed by atoms with Crippen LogP contribution in [0.4, 0.5) is 11.4 Å². The number of carbonyl (C=O) groups excluding carboxylic acids is 1. The molecule has 216 valence electrons. The van der Waals surface area contributed by atoms with E-state index >= 15 is 0 Å². The molecular formula is C34H25N5O5. The summed E-state index contributed by atoms with van der Waals surface area (Å²) in [7, 11) is 1.61. The van der Waals surface area contributed by atoms with Gasteiger partial charge in [-0.3, -0.25) is 14.9 Å². The Morgan fingerprint density at radius 2 is 1.70 bits per heavy atom. The highest BCUT2D eigenvalue weighted by Gasteiger charge is 2.72. The van der Waals surface area contributed by atoms with Crippen molar-refractivity contribution >= 4 is 23.0 Å².